The molecule has 1 aliphatic heterocycles. The number of rotatable bonds is 5. The van der Waals surface area contributed by atoms with E-state index in [9.17, 15) is 13.2 Å². The van der Waals surface area contributed by atoms with Crippen molar-refractivity contribution in [3.8, 4) is 0 Å². The number of fused-ring (bicyclic) bond motifs is 1. The molecule has 0 aliphatic carbocycles. The molecule has 2 amide bonds. The van der Waals surface area contributed by atoms with Crippen LogP contribution in [0.3, 0.4) is 0 Å². The molecule has 2 N–H and O–H groups in total. The van der Waals surface area contributed by atoms with Crippen LogP contribution in [-0.4, -0.2) is 26.7 Å². The molecule has 0 saturated heterocycles. The van der Waals surface area contributed by atoms with E-state index >= 15 is 0 Å². The van der Waals surface area contributed by atoms with Gasteiger partial charge < -0.3 is 10.6 Å². The highest BCUT2D eigenvalue weighted by molar-refractivity contribution is 7.92. The lowest BCUT2D eigenvalue weighted by molar-refractivity contribution is 0.262. The number of anilines is 3. The first kappa shape index (κ1) is 17.3. The standard InChI is InChI=1S/C18H21N3O3S/c1-2-12-25(23,24)21-11-10-14-8-9-16(13-17(14)21)20-18(22)19-15-6-4-3-5-7-15/h3-9,13H,2,10-12H2,1H3,(H2,19,20,22). The Bertz CT molecular complexity index is 866. The summed E-state index contributed by atoms with van der Waals surface area (Å²) in [5.74, 6) is 0.124. The third kappa shape index (κ3) is 3.93. The van der Waals surface area contributed by atoms with Crippen molar-refractivity contribution in [1.29, 1.82) is 0 Å². The number of nitrogens with one attached hydrogen (secondary N) is 2. The molecule has 0 saturated carbocycles. The molecule has 1 aliphatic rings. The summed E-state index contributed by atoms with van der Waals surface area (Å²) in [6.07, 6.45) is 1.26. The summed E-state index contributed by atoms with van der Waals surface area (Å²) in [6, 6.07) is 14.1. The van der Waals surface area contributed by atoms with Gasteiger partial charge in [-0.15, -0.1) is 0 Å². The summed E-state index contributed by atoms with van der Waals surface area (Å²) >= 11 is 0. The Morgan fingerprint density at radius 1 is 1.08 bits per heavy atom. The highest BCUT2D eigenvalue weighted by Crippen LogP contribution is 2.33. The molecule has 0 bridgehead atoms. The van der Waals surface area contributed by atoms with Gasteiger partial charge in [0, 0.05) is 17.9 Å². The van der Waals surface area contributed by atoms with Crippen LogP contribution in [0.4, 0.5) is 21.9 Å². The van der Waals surface area contributed by atoms with E-state index in [1.165, 1.54) is 4.31 Å². The third-order valence-corrected chi connectivity index (χ3v) is 6.00. The molecule has 0 atom stereocenters. The van der Waals surface area contributed by atoms with Crippen LogP contribution in [0.15, 0.2) is 48.5 Å². The minimum Gasteiger partial charge on any atom is -0.308 e. The first-order chi connectivity index (χ1) is 12.0. The molecule has 6 nitrogen and oxygen atoms in total. The van der Waals surface area contributed by atoms with Crippen LogP contribution in [0.1, 0.15) is 18.9 Å². The molecule has 132 valence electrons. The van der Waals surface area contributed by atoms with Crippen molar-refractivity contribution < 1.29 is 13.2 Å². The van der Waals surface area contributed by atoms with Crippen molar-refractivity contribution in [2.24, 2.45) is 0 Å². The molecule has 3 rings (SSSR count). The quantitative estimate of drug-likeness (QED) is 0.858. The van der Waals surface area contributed by atoms with Gasteiger partial charge in [-0.25, -0.2) is 13.2 Å². The molecule has 1 heterocycles. The number of sulfonamides is 1. The molecule has 7 heteroatoms. The summed E-state index contributed by atoms with van der Waals surface area (Å²) < 4.78 is 26.2. The van der Waals surface area contributed by atoms with Gasteiger partial charge >= 0.3 is 6.03 Å². The first-order valence-electron chi connectivity index (χ1n) is 8.26. The molecule has 0 aromatic heterocycles. The smallest absolute Gasteiger partial charge is 0.308 e. The number of benzene rings is 2. The normalized spacial score (nSPS) is 13.4. The number of carbonyl (C=O) groups excluding carboxylic acids is 1. The lowest BCUT2D eigenvalue weighted by Crippen LogP contribution is -2.31. The number of carbonyl (C=O) groups is 1. The van der Waals surface area contributed by atoms with E-state index in [-0.39, 0.29) is 11.8 Å². The maximum atomic E-state index is 12.4. The fourth-order valence-corrected chi connectivity index (χ4v) is 4.48. The summed E-state index contributed by atoms with van der Waals surface area (Å²) in [5, 5.41) is 5.49. The molecular formula is C18H21N3O3S. The highest BCUT2D eigenvalue weighted by Gasteiger charge is 2.28. The highest BCUT2D eigenvalue weighted by atomic mass is 32.2. The van der Waals surface area contributed by atoms with Crippen LogP contribution in [0.25, 0.3) is 0 Å². The number of nitrogens with zero attached hydrogens (tertiary/aromatic N) is 1. The van der Waals surface area contributed by atoms with Crippen LogP contribution in [-0.2, 0) is 16.4 Å². The second kappa shape index (κ2) is 7.14. The van der Waals surface area contributed by atoms with Crippen LogP contribution in [0, 0.1) is 0 Å². The molecule has 2 aromatic carbocycles. The van der Waals surface area contributed by atoms with Gasteiger partial charge in [0.05, 0.1) is 11.4 Å². The molecule has 2 aromatic rings. The van der Waals surface area contributed by atoms with Crippen molar-refractivity contribution in [2.45, 2.75) is 19.8 Å². The fourth-order valence-electron chi connectivity index (χ4n) is 2.90. The largest absolute Gasteiger partial charge is 0.323 e. The van der Waals surface area contributed by atoms with Gasteiger partial charge in [0.2, 0.25) is 10.0 Å². The number of hydrogen-bond acceptors (Lipinski definition) is 3. The zero-order valence-electron chi connectivity index (χ0n) is 14.0. The predicted octanol–water partition coefficient (Wildman–Crippen LogP) is 3.43. The Morgan fingerprint density at radius 2 is 1.80 bits per heavy atom. The Balaban J connectivity index is 1.76. The number of hydrogen-bond donors (Lipinski definition) is 2. The van der Waals surface area contributed by atoms with Gasteiger partial charge in [-0.1, -0.05) is 31.2 Å². The van der Waals surface area contributed by atoms with Crippen LogP contribution >= 0.6 is 0 Å². The maximum absolute atomic E-state index is 12.4. The van der Waals surface area contributed by atoms with E-state index in [4.69, 9.17) is 0 Å². The minimum absolute atomic E-state index is 0.124. The van der Waals surface area contributed by atoms with Crippen molar-refractivity contribution in [2.75, 3.05) is 27.2 Å². The van der Waals surface area contributed by atoms with Crippen LogP contribution in [0.2, 0.25) is 0 Å². The van der Waals surface area contributed by atoms with Gasteiger partial charge in [0.25, 0.3) is 0 Å². The van der Waals surface area contributed by atoms with Crippen molar-refractivity contribution in [3.05, 3.63) is 54.1 Å². The molecular weight excluding hydrogens is 338 g/mol. The van der Waals surface area contributed by atoms with E-state index in [2.05, 4.69) is 10.6 Å². The third-order valence-electron chi connectivity index (χ3n) is 4.03. The Hall–Kier alpha value is -2.54. The zero-order chi connectivity index (χ0) is 17.9. The fraction of sp³-hybridized carbons (Fsp3) is 0.278. The van der Waals surface area contributed by atoms with Crippen molar-refractivity contribution >= 4 is 33.1 Å². The van der Waals surface area contributed by atoms with E-state index < -0.39 is 10.0 Å². The lowest BCUT2D eigenvalue weighted by atomic mass is 10.1. The number of para-hydroxylation sites is 1. The molecule has 0 unspecified atom stereocenters. The van der Waals surface area contributed by atoms with Crippen LogP contribution < -0.4 is 14.9 Å². The van der Waals surface area contributed by atoms with E-state index in [0.29, 0.717) is 36.4 Å². The van der Waals surface area contributed by atoms with Gasteiger partial charge in [-0.05, 0) is 42.7 Å². The average molecular weight is 359 g/mol. The molecule has 0 spiro atoms. The van der Waals surface area contributed by atoms with Gasteiger partial charge in [-0.2, -0.15) is 0 Å². The average Bonchev–Trinajstić information content (AvgIpc) is 2.99. The summed E-state index contributed by atoms with van der Waals surface area (Å²) in [5.41, 5.74) is 2.89. The predicted molar refractivity (Wildman–Crippen MR) is 101 cm³/mol. The molecule has 0 fully saturated rings. The minimum atomic E-state index is -3.31. The van der Waals surface area contributed by atoms with Gasteiger partial charge in [0.1, 0.15) is 0 Å². The Labute approximate surface area is 147 Å². The van der Waals surface area contributed by atoms with Gasteiger partial charge in [-0.3, -0.25) is 4.31 Å². The SMILES string of the molecule is CCCS(=O)(=O)N1CCc2ccc(NC(=O)Nc3ccccc3)cc21. The summed E-state index contributed by atoms with van der Waals surface area (Å²) in [4.78, 5) is 12.1. The molecule has 25 heavy (non-hydrogen) atoms. The summed E-state index contributed by atoms with van der Waals surface area (Å²) in [7, 11) is -3.31. The molecule has 0 radical (unpaired) electrons. The Morgan fingerprint density at radius 3 is 2.52 bits per heavy atom. The van der Waals surface area contributed by atoms with E-state index in [0.717, 1.165) is 5.56 Å². The van der Waals surface area contributed by atoms with Crippen LogP contribution in [0.5, 0.6) is 0 Å². The van der Waals surface area contributed by atoms with Gasteiger partial charge in [0.15, 0.2) is 0 Å². The monoisotopic (exact) mass is 359 g/mol. The van der Waals surface area contributed by atoms with Crippen molar-refractivity contribution in [1.82, 2.24) is 0 Å². The maximum Gasteiger partial charge on any atom is 0.323 e. The first-order valence-corrected chi connectivity index (χ1v) is 9.87. The second-order valence-corrected chi connectivity index (χ2v) is 7.94. The Kier molecular flexibility index (Phi) is 4.94. The lowest BCUT2D eigenvalue weighted by Gasteiger charge is -2.19. The van der Waals surface area contributed by atoms with E-state index in [1.807, 2.05) is 31.2 Å². The zero-order valence-corrected chi connectivity index (χ0v) is 14.8. The topological polar surface area (TPSA) is 78.5 Å². The summed E-state index contributed by atoms with van der Waals surface area (Å²) in [6.45, 7) is 2.30. The number of urea groups is 1. The van der Waals surface area contributed by atoms with Crippen molar-refractivity contribution in [3.63, 3.8) is 0 Å². The number of amides is 2. The second-order valence-electron chi connectivity index (χ2n) is 5.93. The van der Waals surface area contributed by atoms with E-state index in [1.54, 1.807) is 24.3 Å².